The largest absolute Gasteiger partial charge is 0.307 e. The lowest BCUT2D eigenvalue weighted by atomic mass is 9.35. The van der Waals surface area contributed by atoms with Crippen molar-refractivity contribution in [1.29, 1.82) is 0 Å². The van der Waals surface area contributed by atoms with Gasteiger partial charge in [0.15, 0.2) is 11.6 Å². The van der Waals surface area contributed by atoms with Gasteiger partial charge in [-0.05, 0) is 93.2 Å². The van der Waals surface area contributed by atoms with Gasteiger partial charge in [0.1, 0.15) is 0 Å². The van der Waals surface area contributed by atoms with Gasteiger partial charge in [-0.25, -0.2) is 4.85 Å². The molecule has 0 saturated heterocycles. The van der Waals surface area contributed by atoms with Crippen LogP contribution >= 0.6 is 0 Å². The Kier molecular flexibility index (Phi) is 5.35. The number of rotatable bonds is 1. The fourth-order valence-corrected chi connectivity index (χ4v) is 10.4. The number of fused-ring (bicyclic) bond motifs is 7. The summed E-state index contributed by atoms with van der Waals surface area (Å²) in [5, 5.41) is 0. The van der Waals surface area contributed by atoms with Crippen molar-refractivity contribution in [2.45, 2.75) is 99.0 Å². The Morgan fingerprint density at radius 1 is 0.944 bits per heavy atom. The zero-order chi connectivity index (χ0) is 26.7. The molecule has 5 rings (SSSR count). The molecule has 0 aliphatic heterocycles. The number of hydrogen-bond donors (Lipinski definition) is 0. The predicted molar refractivity (Wildman–Crippen MR) is 144 cm³/mol. The molecule has 3 saturated carbocycles. The Morgan fingerprint density at radius 3 is 2.19 bits per heavy atom. The molecule has 0 bridgehead atoms. The molecule has 4 nitrogen and oxygen atoms in total. The van der Waals surface area contributed by atoms with Gasteiger partial charge < -0.3 is 9.69 Å². The Bertz CT molecular complexity index is 1140. The van der Waals surface area contributed by atoms with E-state index in [1.807, 2.05) is 26.0 Å². The first kappa shape index (κ1) is 25.9. The topological polar surface area (TPSA) is 41.7 Å². The second kappa shape index (κ2) is 7.43. The Balaban J connectivity index is 1.70. The lowest BCUT2D eigenvalue weighted by Crippen LogP contribution is -2.68. The number of carbonyl (C=O) groups is 2. The second-order valence-corrected chi connectivity index (χ2v) is 15.2. The van der Waals surface area contributed by atoms with Gasteiger partial charge in [-0.1, -0.05) is 60.1 Å². The Morgan fingerprint density at radius 2 is 1.58 bits per heavy atom. The third-order valence-electron chi connectivity index (χ3n) is 12.7. The van der Waals surface area contributed by atoms with E-state index in [2.05, 4.69) is 58.5 Å². The average Bonchev–Trinajstić information content (AvgIpc) is 2.77. The summed E-state index contributed by atoms with van der Waals surface area (Å²) in [6.45, 7) is 23.6. The maximum absolute atomic E-state index is 14.4. The fourth-order valence-electron chi connectivity index (χ4n) is 10.4. The van der Waals surface area contributed by atoms with E-state index in [-0.39, 0.29) is 45.1 Å². The number of nitrogens with zero attached hydrogens (tertiary/aromatic N) is 2. The molecule has 0 N–H and O–H groups in total. The minimum absolute atomic E-state index is 0.0182. The SMILES string of the molecule is [C-]#[N+]C1=C[C@]2(C)C3=CC(=O)C4C5CC(C)(C)CC[C@]5(N(C)C)CC[C@@]4(C)[C@]3(C)CC[C@H]2C(C)(C)C1=O. The maximum Gasteiger partial charge on any atom is 0.226 e. The molecular weight excluding hydrogens is 444 g/mol. The van der Waals surface area contributed by atoms with Crippen LogP contribution in [-0.4, -0.2) is 36.1 Å². The summed E-state index contributed by atoms with van der Waals surface area (Å²) in [5.41, 5.74) is 0.487. The molecule has 0 aromatic rings. The molecule has 3 fully saturated rings. The average molecular weight is 491 g/mol. The van der Waals surface area contributed by atoms with Crippen LogP contribution in [0.3, 0.4) is 0 Å². The highest BCUT2D eigenvalue weighted by atomic mass is 16.1. The van der Waals surface area contributed by atoms with E-state index in [1.54, 1.807) is 0 Å². The van der Waals surface area contributed by atoms with Crippen LogP contribution < -0.4 is 0 Å². The van der Waals surface area contributed by atoms with Crippen LogP contribution in [-0.2, 0) is 9.59 Å². The summed E-state index contributed by atoms with van der Waals surface area (Å²) in [4.78, 5) is 33.8. The molecule has 0 aromatic heterocycles. The van der Waals surface area contributed by atoms with E-state index in [0.717, 1.165) is 38.5 Å². The molecule has 5 aliphatic carbocycles. The first-order valence-electron chi connectivity index (χ1n) is 14.1. The van der Waals surface area contributed by atoms with Crippen LogP contribution in [0.15, 0.2) is 23.4 Å². The van der Waals surface area contributed by atoms with Crippen molar-refractivity contribution in [3.05, 3.63) is 34.8 Å². The first-order chi connectivity index (χ1) is 16.5. The molecule has 0 spiro atoms. The molecule has 5 aliphatic rings. The highest BCUT2D eigenvalue weighted by Gasteiger charge is 2.70. The fraction of sp³-hybridized carbons (Fsp3) is 0.781. The molecule has 196 valence electrons. The van der Waals surface area contributed by atoms with Crippen LogP contribution in [0.25, 0.3) is 4.85 Å². The summed E-state index contributed by atoms with van der Waals surface area (Å²) in [5.74, 6) is 0.737. The third-order valence-corrected chi connectivity index (χ3v) is 12.7. The van der Waals surface area contributed by atoms with Crippen LogP contribution in [0, 0.1) is 51.4 Å². The molecule has 4 heteroatoms. The smallest absolute Gasteiger partial charge is 0.226 e. The standard InChI is InChI=1S/C32H46N2O2/c1-27(2)13-15-32(34(9)10)16-14-31(7)25(20(32)18-27)22(35)17-24-29(5)19-21(33-8)26(36)28(3,4)23(29)11-12-30(24,31)6/h17,19-20,23,25H,11-16,18H2,1-7,9-10H3/t20?,23-,25?,29-,30+,31+,32-/m0/s1. The molecule has 36 heavy (non-hydrogen) atoms. The van der Waals surface area contributed by atoms with Crippen molar-refractivity contribution in [3.8, 4) is 0 Å². The van der Waals surface area contributed by atoms with Crippen molar-refractivity contribution >= 4 is 11.6 Å². The van der Waals surface area contributed by atoms with E-state index in [9.17, 15) is 9.59 Å². The van der Waals surface area contributed by atoms with Crippen molar-refractivity contribution < 1.29 is 9.59 Å². The number of hydrogen-bond acceptors (Lipinski definition) is 3. The summed E-state index contributed by atoms with van der Waals surface area (Å²) >= 11 is 0. The maximum atomic E-state index is 14.4. The van der Waals surface area contributed by atoms with Crippen molar-refractivity contribution in [3.63, 3.8) is 0 Å². The number of Topliss-reactive ketones (excluding diaryl/α,β-unsaturated/α-hetero) is 1. The lowest BCUT2D eigenvalue weighted by molar-refractivity contribution is -0.173. The summed E-state index contributed by atoms with van der Waals surface area (Å²) in [6.07, 6.45) is 11.6. The van der Waals surface area contributed by atoms with Gasteiger partial charge in [-0.3, -0.25) is 4.79 Å². The molecule has 0 amide bonds. The molecular formula is C32H46N2O2. The molecule has 0 radical (unpaired) electrons. The van der Waals surface area contributed by atoms with E-state index < -0.39 is 10.8 Å². The van der Waals surface area contributed by atoms with E-state index in [1.165, 1.54) is 12.0 Å². The molecule has 7 atom stereocenters. The molecule has 2 unspecified atom stereocenters. The van der Waals surface area contributed by atoms with Crippen LogP contribution in [0.2, 0.25) is 0 Å². The zero-order valence-electron chi connectivity index (χ0n) is 24.0. The number of ketones is 2. The minimum Gasteiger partial charge on any atom is -0.307 e. The highest BCUT2D eigenvalue weighted by molar-refractivity contribution is 6.03. The Hall–Kier alpha value is -1.73. The van der Waals surface area contributed by atoms with Crippen LogP contribution in [0.4, 0.5) is 0 Å². The first-order valence-corrected chi connectivity index (χ1v) is 14.1. The summed E-state index contributed by atoms with van der Waals surface area (Å²) in [6, 6.07) is 0. The zero-order valence-corrected chi connectivity index (χ0v) is 24.0. The minimum atomic E-state index is -0.605. The third kappa shape index (κ3) is 2.96. The van der Waals surface area contributed by atoms with Gasteiger partial charge in [0.2, 0.25) is 5.70 Å². The van der Waals surface area contributed by atoms with Gasteiger partial charge in [-0.15, -0.1) is 0 Å². The van der Waals surface area contributed by atoms with E-state index in [4.69, 9.17) is 6.57 Å². The Labute approximate surface area is 218 Å². The van der Waals surface area contributed by atoms with Crippen molar-refractivity contribution in [2.24, 2.45) is 44.8 Å². The van der Waals surface area contributed by atoms with E-state index >= 15 is 0 Å². The van der Waals surface area contributed by atoms with E-state index in [0.29, 0.717) is 11.7 Å². The van der Waals surface area contributed by atoms with Crippen molar-refractivity contribution in [2.75, 3.05) is 14.1 Å². The van der Waals surface area contributed by atoms with Crippen LogP contribution in [0.5, 0.6) is 0 Å². The molecule has 0 aromatic carbocycles. The second-order valence-electron chi connectivity index (χ2n) is 15.2. The molecule has 0 heterocycles. The van der Waals surface area contributed by atoms with Crippen LogP contribution in [0.1, 0.15) is 93.4 Å². The van der Waals surface area contributed by atoms with Gasteiger partial charge in [0, 0.05) is 22.3 Å². The van der Waals surface area contributed by atoms with Gasteiger partial charge in [0.05, 0.1) is 6.57 Å². The normalized spacial score (nSPS) is 47.0. The summed E-state index contributed by atoms with van der Waals surface area (Å²) in [7, 11) is 4.46. The van der Waals surface area contributed by atoms with Gasteiger partial charge >= 0.3 is 0 Å². The lowest BCUT2D eigenvalue weighted by Gasteiger charge is -2.70. The van der Waals surface area contributed by atoms with Gasteiger partial charge in [-0.2, -0.15) is 0 Å². The predicted octanol–water partition coefficient (Wildman–Crippen LogP) is 6.87. The van der Waals surface area contributed by atoms with Gasteiger partial charge in [0.25, 0.3) is 0 Å². The number of allylic oxidation sites excluding steroid dienone is 4. The quantitative estimate of drug-likeness (QED) is 0.377. The highest BCUT2D eigenvalue weighted by Crippen LogP contribution is 2.73. The monoisotopic (exact) mass is 490 g/mol. The number of carbonyl (C=O) groups excluding carboxylic acids is 2. The summed E-state index contributed by atoms with van der Waals surface area (Å²) < 4.78 is 0. The van der Waals surface area contributed by atoms with Crippen molar-refractivity contribution in [1.82, 2.24) is 4.90 Å².